The number of nitrogens with zero attached hydrogens (tertiary/aromatic N) is 7. The number of carboxylic acid groups (broad SMARTS) is 1. The molecule has 1 saturated heterocycles. The van der Waals surface area contributed by atoms with Crippen LogP contribution < -0.4 is 54.0 Å². The van der Waals surface area contributed by atoms with Gasteiger partial charge in [-0.1, -0.05) is 108 Å². The molecule has 1 spiro atoms. The van der Waals surface area contributed by atoms with Crippen LogP contribution in [0, 0.1) is 102 Å². The normalized spacial score (nSPS) is 19.4. The Morgan fingerprint density at radius 2 is 0.692 bits per heavy atom. The van der Waals surface area contributed by atoms with Crippen molar-refractivity contribution in [1.82, 2.24) is 47.4 Å². The molecule has 30 heteroatoms. The first-order valence-electron chi connectivity index (χ1n) is 38.3. The Morgan fingerprint density at radius 3 is 0.963 bits per heavy atom. The number of piperidine rings is 1. The van der Waals surface area contributed by atoms with Crippen LogP contribution in [0.15, 0.2) is 5.18 Å². The van der Waals surface area contributed by atoms with Crippen LogP contribution in [-0.4, -0.2) is 152 Å². The summed E-state index contributed by atoms with van der Waals surface area (Å²) >= 11 is 0. The smallest absolute Gasteiger partial charge is 0.408 e. The second kappa shape index (κ2) is 42.4. The molecular formula is C77H129N17O13. The number of carbonyl (C=O) groups excluding carboxylic acids is 8. The van der Waals surface area contributed by atoms with E-state index in [2.05, 4.69) is 72.0 Å². The predicted octanol–water partition coefficient (Wildman–Crippen LogP) is 9.84. The number of nitriles is 5. The van der Waals surface area contributed by atoms with Crippen molar-refractivity contribution in [2.24, 2.45) is 57.6 Å². The van der Waals surface area contributed by atoms with Gasteiger partial charge in [-0.15, -0.1) is 4.91 Å². The summed E-state index contributed by atoms with van der Waals surface area (Å²) in [5, 5.41) is 77.7. The highest BCUT2D eigenvalue weighted by Gasteiger charge is 2.50. The summed E-state index contributed by atoms with van der Waals surface area (Å²) in [6.07, 6.45) is 17.7. The van der Waals surface area contributed by atoms with Crippen LogP contribution in [0.3, 0.4) is 0 Å². The molecular weight excluding hydrogens is 1370 g/mol. The van der Waals surface area contributed by atoms with Crippen LogP contribution in [0.5, 0.6) is 0 Å². The monoisotopic (exact) mass is 1500 g/mol. The molecule has 6 unspecified atom stereocenters. The highest BCUT2D eigenvalue weighted by Crippen LogP contribution is 2.45. The number of nitrogens with one attached hydrogen (secondary N) is 8. The maximum absolute atomic E-state index is 12.8. The van der Waals surface area contributed by atoms with Crippen LogP contribution in [0.2, 0.25) is 0 Å². The van der Waals surface area contributed by atoms with Gasteiger partial charge >= 0.3 is 24.2 Å². The fraction of sp³-hybridized carbons (Fsp3) is 0.818. The second-order valence-corrected chi connectivity index (χ2v) is 34.8. The first-order chi connectivity index (χ1) is 49.6. The van der Waals surface area contributed by atoms with Crippen LogP contribution in [-0.2, 0) is 38.2 Å². The number of likely N-dealkylation sites (tertiary alicyclic amines) is 1. The lowest BCUT2D eigenvalue weighted by Gasteiger charge is -2.44. The third-order valence-electron chi connectivity index (χ3n) is 18.6. The van der Waals surface area contributed by atoms with Gasteiger partial charge in [0.1, 0.15) is 57.0 Å². The summed E-state index contributed by atoms with van der Waals surface area (Å²) in [5.41, 5.74) is 7.26. The average Bonchev–Trinajstić information content (AvgIpc) is 1.70. The number of carbonyl (C=O) groups is 9. The highest BCUT2D eigenvalue weighted by atomic mass is 16.6. The van der Waals surface area contributed by atoms with Gasteiger partial charge in [0, 0.05) is 13.1 Å². The molecule has 30 nitrogen and oxygen atoms in total. The number of nitroso groups, excluding NO2 is 1. The zero-order valence-electron chi connectivity index (χ0n) is 67.2. The van der Waals surface area contributed by atoms with Gasteiger partial charge in [-0.2, -0.15) is 26.3 Å². The first kappa shape index (κ1) is 94.7. The molecule has 7 aliphatic rings. The largest absolute Gasteiger partial charge is 0.480 e. The number of hydrogen-bond donors (Lipinski definition) is 11. The second-order valence-electron chi connectivity index (χ2n) is 34.8. The van der Waals surface area contributed by atoms with Crippen molar-refractivity contribution in [3.8, 4) is 30.3 Å². The predicted molar refractivity (Wildman–Crippen MR) is 403 cm³/mol. The summed E-state index contributed by atoms with van der Waals surface area (Å²) in [6, 6.07) is 6.41. The number of alkyl carbamates (subject to hydrolysis) is 2. The topological polar surface area (TPSA) is 492 Å². The van der Waals surface area contributed by atoms with Gasteiger partial charge in [0.2, 0.25) is 29.5 Å². The van der Waals surface area contributed by atoms with E-state index in [1.807, 2.05) is 94.1 Å². The molecule has 13 N–H and O–H groups in total. The number of aliphatic carboxylic acids is 1. The molecule has 7 rings (SSSR count). The van der Waals surface area contributed by atoms with Crippen molar-refractivity contribution in [2.45, 2.75) is 347 Å². The third-order valence-corrected chi connectivity index (χ3v) is 18.6. The minimum atomic E-state index is -1.04. The number of amides is 9. The molecule has 1 aliphatic heterocycles. The van der Waals surface area contributed by atoms with Crippen LogP contribution in [0.4, 0.5) is 14.4 Å². The van der Waals surface area contributed by atoms with Gasteiger partial charge in [-0.3, -0.25) is 24.0 Å². The maximum atomic E-state index is 12.8. The molecule has 6 atom stereocenters. The SMILES string of the molecule is CC(C)CC(N)C(=O)NC1(C#N)CC1.CC(C)CC(N)C(=O)NC1(C#N)CC1.CC(C)CC(N=O)C(=O)NC1(C#N)CC1.CC(C)CC(NC(=O)N1CCC2(CCCCC2)CC1)C(=O)NC1(C#N)CC1.CC(C)CC(NC(=O)OC(C)(C)C)C(=O)NC1(C#N)CC1.CC(C)CC(NC(=O)OC(C)(C)C)C(=O)O. The summed E-state index contributed by atoms with van der Waals surface area (Å²) in [5.74, 6) is -0.677. The van der Waals surface area contributed by atoms with Crippen molar-refractivity contribution < 1.29 is 57.7 Å². The number of ether oxygens (including phenoxy) is 2. The lowest BCUT2D eigenvalue weighted by Crippen LogP contribution is -2.55. The van der Waals surface area contributed by atoms with E-state index in [9.17, 15) is 53.3 Å². The molecule has 6 aliphatic carbocycles. The summed E-state index contributed by atoms with van der Waals surface area (Å²) in [4.78, 5) is 119. The van der Waals surface area contributed by atoms with E-state index >= 15 is 0 Å². The van der Waals surface area contributed by atoms with E-state index in [1.54, 1.807) is 41.5 Å². The van der Waals surface area contributed by atoms with Crippen LogP contribution in [0.25, 0.3) is 0 Å². The minimum Gasteiger partial charge on any atom is -0.480 e. The summed E-state index contributed by atoms with van der Waals surface area (Å²) < 4.78 is 10.2. The first-order valence-corrected chi connectivity index (χ1v) is 38.3. The van der Waals surface area contributed by atoms with Gasteiger partial charge in [0.05, 0.1) is 42.4 Å². The number of nitrogens with two attached hydrogens (primary N) is 2. The zero-order chi connectivity index (χ0) is 81.7. The summed E-state index contributed by atoms with van der Waals surface area (Å²) in [6.45, 7) is 35.7. The minimum absolute atomic E-state index is 0.136. The van der Waals surface area contributed by atoms with Crippen molar-refractivity contribution in [2.75, 3.05) is 13.1 Å². The van der Waals surface area contributed by atoms with Gasteiger partial charge in [0.15, 0.2) is 6.04 Å². The van der Waals surface area contributed by atoms with Crippen molar-refractivity contribution in [3.63, 3.8) is 0 Å². The lowest BCUT2D eigenvalue weighted by atomic mass is 9.68. The molecule has 6 saturated carbocycles. The van der Waals surface area contributed by atoms with Gasteiger partial charge in [-0.05, 0) is 211 Å². The summed E-state index contributed by atoms with van der Waals surface area (Å²) in [7, 11) is 0. The fourth-order valence-electron chi connectivity index (χ4n) is 11.7. The molecule has 7 fully saturated rings. The number of rotatable bonds is 27. The maximum Gasteiger partial charge on any atom is 0.408 e. The van der Waals surface area contributed by atoms with E-state index in [1.165, 1.54) is 32.1 Å². The van der Waals surface area contributed by atoms with Crippen molar-refractivity contribution in [1.29, 1.82) is 26.3 Å². The van der Waals surface area contributed by atoms with Gasteiger partial charge in [0.25, 0.3) is 0 Å². The van der Waals surface area contributed by atoms with E-state index in [-0.39, 0.29) is 53.3 Å². The Morgan fingerprint density at radius 1 is 0.411 bits per heavy atom. The quantitative estimate of drug-likeness (QED) is 0.0341. The lowest BCUT2D eigenvalue weighted by molar-refractivity contribution is -0.140. The fourth-order valence-corrected chi connectivity index (χ4v) is 11.7. The number of carboxylic acids is 1. The Balaban J connectivity index is 0.000000445. The Kier molecular flexibility index (Phi) is 37.5. The molecule has 0 aromatic carbocycles. The van der Waals surface area contributed by atoms with Gasteiger partial charge in [-0.25, -0.2) is 19.2 Å². The Hall–Kier alpha value is -8.40. The van der Waals surface area contributed by atoms with E-state index in [0.717, 1.165) is 51.6 Å². The average molecular weight is 1500 g/mol. The number of hydrogen-bond acceptors (Lipinski definition) is 20. The highest BCUT2D eigenvalue weighted by molar-refractivity contribution is 5.89. The molecule has 0 aromatic rings. The molecule has 107 heavy (non-hydrogen) atoms. The van der Waals surface area contributed by atoms with Crippen molar-refractivity contribution >= 4 is 53.7 Å². The molecule has 9 amide bonds. The molecule has 0 bridgehead atoms. The molecule has 0 aromatic heterocycles. The Bertz CT molecular complexity index is 3120. The van der Waals surface area contributed by atoms with Crippen molar-refractivity contribution in [3.05, 3.63) is 4.91 Å². The zero-order valence-corrected chi connectivity index (χ0v) is 67.2. The standard InChI is InChI=1S/C21H34N4O2.C15H25N3O3.C11H21NO4.C10H15N3O2.2C10H17N3O/c1-16(2)14-17(18(26)24-21(15-22)8-9-21)23-19(27)25-12-10-20(11-13-25)6-4-3-5-7-20;1-10(2)8-11(17-13(20)21-14(3,4)5)12(19)18-15(9-16)6-7-15;1-7(2)6-8(9(13)14)12-10(15)16-11(3,4)5;1-7(2)5-8(13-15)9(14)12-10(6-11)3-4-10;2*1-7(2)5-8(12)9(14)13-10(6-11)3-4-10/h16-17H,3-14H2,1-2H3,(H,23,27)(H,24,26);10-11H,6-8H2,1-5H3,(H,17,20)(H,18,19);7-8H,6H2,1-5H3,(H,12,15)(H,13,14);7-8H,3-5H2,1-2H3,(H,12,14);2*7-8H,3-5,12H2,1-2H3,(H,13,14). The molecule has 0 radical (unpaired) electrons. The van der Waals surface area contributed by atoms with E-state index < -0.39 is 99.2 Å². The van der Waals surface area contributed by atoms with E-state index in [4.69, 9.17) is 47.1 Å². The van der Waals surface area contributed by atoms with Gasteiger partial charge < -0.3 is 73.5 Å². The van der Waals surface area contributed by atoms with Crippen LogP contribution >= 0.6 is 0 Å². The van der Waals surface area contributed by atoms with Crippen LogP contribution in [0.1, 0.15) is 272 Å². The molecule has 1 heterocycles. The third kappa shape index (κ3) is 37.3. The van der Waals surface area contributed by atoms with E-state index in [0.29, 0.717) is 94.3 Å². The number of urea groups is 1. The molecule has 600 valence electrons. The Labute approximate surface area is 635 Å².